The number of nitrogens with one attached hydrogen (secondary N) is 1. The third-order valence-corrected chi connectivity index (χ3v) is 2.28. The molecule has 1 aromatic heterocycles. The summed E-state index contributed by atoms with van der Waals surface area (Å²) in [7, 11) is 4.00. The Kier molecular flexibility index (Phi) is 3.96. The van der Waals surface area contributed by atoms with Crippen molar-refractivity contribution >= 4 is 0 Å². The molecule has 13 heavy (non-hydrogen) atoms. The summed E-state index contributed by atoms with van der Waals surface area (Å²) < 4.78 is 1.99. The third kappa shape index (κ3) is 2.56. The summed E-state index contributed by atoms with van der Waals surface area (Å²) in [5.41, 5.74) is 2.77. The Balaban J connectivity index is 2.68. The lowest BCUT2D eigenvalue weighted by atomic mass is 10.1. The zero-order valence-corrected chi connectivity index (χ0v) is 8.80. The SMILES string of the molecule is CCCc1c(CCNC)cnn1C. The molecule has 0 unspecified atom stereocenters. The lowest BCUT2D eigenvalue weighted by molar-refractivity contribution is 0.689. The molecular weight excluding hydrogens is 162 g/mol. The van der Waals surface area contributed by atoms with E-state index in [0.29, 0.717) is 0 Å². The Labute approximate surface area is 80.1 Å². The van der Waals surface area contributed by atoms with Crippen LogP contribution in [0.3, 0.4) is 0 Å². The van der Waals surface area contributed by atoms with Crippen LogP contribution in [0.25, 0.3) is 0 Å². The van der Waals surface area contributed by atoms with Crippen molar-refractivity contribution in [2.24, 2.45) is 7.05 Å². The highest BCUT2D eigenvalue weighted by Crippen LogP contribution is 2.10. The first-order valence-electron chi connectivity index (χ1n) is 4.94. The molecule has 1 rings (SSSR count). The summed E-state index contributed by atoms with van der Waals surface area (Å²) >= 11 is 0. The van der Waals surface area contributed by atoms with E-state index in [2.05, 4.69) is 17.3 Å². The maximum Gasteiger partial charge on any atom is 0.0525 e. The average Bonchev–Trinajstić information content (AvgIpc) is 2.46. The van der Waals surface area contributed by atoms with Crippen LogP contribution in [-0.2, 0) is 19.9 Å². The number of aryl methyl sites for hydroxylation is 1. The van der Waals surface area contributed by atoms with E-state index in [9.17, 15) is 0 Å². The van der Waals surface area contributed by atoms with Gasteiger partial charge in [-0.3, -0.25) is 4.68 Å². The van der Waals surface area contributed by atoms with E-state index in [4.69, 9.17) is 0 Å². The van der Waals surface area contributed by atoms with Crippen LogP contribution < -0.4 is 5.32 Å². The van der Waals surface area contributed by atoms with Gasteiger partial charge in [-0.25, -0.2) is 0 Å². The standard InChI is InChI=1S/C10H19N3/c1-4-5-10-9(6-7-11-2)8-12-13(10)3/h8,11H,4-7H2,1-3H3. The monoisotopic (exact) mass is 181 g/mol. The summed E-state index contributed by atoms with van der Waals surface area (Å²) in [6.07, 6.45) is 5.39. The van der Waals surface area contributed by atoms with Gasteiger partial charge in [0.15, 0.2) is 0 Å². The van der Waals surface area contributed by atoms with Crippen molar-refractivity contribution in [2.45, 2.75) is 26.2 Å². The van der Waals surface area contributed by atoms with E-state index in [1.165, 1.54) is 17.7 Å². The molecule has 0 spiro atoms. The number of hydrogen-bond acceptors (Lipinski definition) is 2. The lowest BCUT2D eigenvalue weighted by Crippen LogP contribution is -2.11. The number of likely N-dealkylation sites (N-methyl/N-ethyl adjacent to an activating group) is 1. The Morgan fingerprint density at radius 2 is 2.23 bits per heavy atom. The largest absolute Gasteiger partial charge is 0.319 e. The fraction of sp³-hybridized carbons (Fsp3) is 0.700. The number of rotatable bonds is 5. The summed E-state index contributed by atoms with van der Waals surface area (Å²) in [4.78, 5) is 0. The topological polar surface area (TPSA) is 29.9 Å². The highest BCUT2D eigenvalue weighted by Gasteiger charge is 2.06. The van der Waals surface area contributed by atoms with Crippen LogP contribution >= 0.6 is 0 Å². The molecule has 0 radical (unpaired) electrons. The van der Waals surface area contributed by atoms with E-state index >= 15 is 0 Å². The highest BCUT2D eigenvalue weighted by atomic mass is 15.3. The van der Waals surface area contributed by atoms with Crippen LogP contribution in [0.2, 0.25) is 0 Å². The minimum absolute atomic E-state index is 1.03. The van der Waals surface area contributed by atoms with Gasteiger partial charge < -0.3 is 5.32 Å². The molecule has 0 atom stereocenters. The van der Waals surface area contributed by atoms with Crippen molar-refractivity contribution in [1.82, 2.24) is 15.1 Å². The maximum absolute atomic E-state index is 4.28. The lowest BCUT2D eigenvalue weighted by Gasteiger charge is -2.03. The molecule has 0 bridgehead atoms. The molecule has 3 heteroatoms. The molecule has 74 valence electrons. The smallest absolute Gasteiger partial charge is 0.0525 e. The van der Waals surface area contributed by atoms with Gasteiger partial charge in [-0.1, -0.05) is 13.3 Å². The zero-order chi connectivity index (χ0) is 9.68. The van der Waals surface area contributed by atoms with E-state index < -0.39 is 0 Å². The fourth-order valence-corrected chi connectivity index (χ4v) is 1.54. The van der Waals surface area contributed by atoms with Crippen molar-refractivity contribution in [3.63, 3.8) is 0 Å². The molecule has 0 aromatic carbocycles. The van der Waals surface area contributed by atoms with Crippen molar-refractivity contribution in [3.05, 3.63) is 17.5 Å². The molecule has 0 fully saturated rings. The van der Waals surface area contributed by atoms with Gasteiger partial charge in [0.1, 0.15) is 0 Å². The molecule has 0 aliphatic rings. The van der Waals surface area contributed by atoms with Gasteiger partial charge in [0.2, 0.25) is 0 Å². The molecule has 0 saturated carbocycles. The first kappa shape index (κ1) is 10.3. The summed E-state index contributed by atoms with van der Waals surface area (Å²) in [6.45, 7) is 3.23. The van der Waals surface area contributed by atoms with Crippen molar-refractivity contribution in [2.75, 3.05) is 13.6 Å². The Morgan fingerprint density at radius 3 is 2.85 bits per heavy atom. The molecule has 3 nitrogen and oxygen atoms in total. The summed E-state index contributed by atoms with van der Waals surface area (Å²) in [5.74, 6) is 0. The van der Waals surface area contributed by atoms with E-state index in [1.807, 2.05) is 25.0 Å². The predicted octanol–water partition coefficient (Wildman–Crippen LogP) is 1.13. The van der Waals surface area contributed by atoms with Gasteiger partial charge in [-0.05, 0) is 32.0 Å². The minimum Gasteiger partial charge on any atom is -0.319 e. The molecule has 1 aromatic rings. The normalized spacial score (nSPS) is 10.7. The minimum atomic E-state index is 1.03. The van der Waals surface area contributed by atoms with Gasteiger partial charge in [0, 0.05) is 12.7 Å². The van der Waals surface area contributed by atoms with Gasteiger partial charge in [-0.2, -0.15) is 5.10 Å². The third-order valence-electron chi connectivity index (χ3n) is 2.28. The quantitative estimate of drug-likeness (QED) is 0.738. The van der Waals surface area contributed by atoms with E-state index in [-0.39, 0.29) is 0 Å². The van der Waals surface area contributed by atoms with Gasteiger partial charge in [-0.15, -0.1) is 0 Å². The maximum atomic E-state index is 4.28. The van der Waals surface area contributed by atoms with Crippen LogP contribution in [0.15, 0.2) is 6.20 Å². The van der Waals surface area contributed by atoms with Gasteiger partial charge >= 0.3 is 0 Å². The van der Waals surface area contributed by atoms with Crippen molar-refractivity contribution < 1.29 is 0 Å². The first-order valence-corrected chi connectivity index (χ1v) is 4.94. The highest BCUT2D eigenvalue weighted by molar-refractivity contribution is 5.18. The number of aromatic nitrogens is 2. The van der Waals surface area contributed by atoms with E-state index in [0.717, 1.165) is 19.4 Å². The second-order valence-corrected chi connectivity index (χ2v) is 3.34. The number of nitrogens with zero attached hydrogens (tertiary/aromatic N) is 2. The fourth-order valence-electron chi connectivity index (χ4n) is 1.54. The van der Waals surface area contributed by atoms with Crippen LogP contribution in [0, 0.1) is 0 Å². The Morgan fingerprint density at radius 1 is 1.46 bits per heavy atom. The second-order valence-electron chi connectivity index (χ2n) is 3.34. The summed E-state index contributed by atoms with van der Waals surface area (Å²) in [6, 6.07) is 0. The van der Waals surface area contributed by atoms with Crippen molar-refractivity contribution in [3.8, 4) is 0 Å². The molecule has 1 N–H and O–H groups in total. The van der Waals surface area contributed by atoms with Crippen molar-refractivity contribution in [1.29, 1.82) is 0 Å². The molecule has 0 aliphatic carbocycles. The molecule has 0 saturated heterocycles. The first-order chi connectivity index (χ1) is 6.29. The zero-order valence-electron chi connectivity index (χ0n) is 8.80. The Bertz CT molecular complexity index is 253. The van der Waals surface area contributed by atoms with Gasteiger partial charge in [0.25, 0.3) is 0 Å². The summed E-state index contributed by atoms with van der Waals surface area (Å²) in [5, 5.41) is 7.43. The van der Waals surface area contributed by atoms with Crippen LogP contribution in [0.1, 0.15) is 24.6 Å². The van der Waals surface area contributed by atoms with E-state index in [1.54, 1.807) is 0 Å². The molecule has 0 amide bonds. The van der Waals surface area contributed by atoms with Crippen LogP contribution in [0.5, 0.6) is 0 Å². The predicted molar refractivity (Wildman–Crippen MR) is 54.8 cm³/mol. The van der Waals surface area contributed by atoms with Gasteiger partial charge in [0.05, 0.1) is 6.20 Å². The number of hydrogen-bond donors (Lipinski definition) is 1. The molecular formula is C10H19N3. The van der Waals surface area contributed by atoms with Crippen LogP contribution in [-0.4, -0.2) is 23.4 Å². The van der Waals surface area contributed by atoms with Crippen LogP contribution in [0.4, 0.5) is 0 Å². The molecule has 0 aliphatic heterocycles. The second kappa shape index (κ2) is 5.02. The Hall–Kier alpha value is -0.830. The molecule has 1 heterocycles. The average molecular weight is 181 g/mol.